The number of carbonyl (C=O) groups excluding carboxylic acids is 2. The van der Waals surface area contributed by atoms with Gasteiger partial charge in [-0.2, -0.15) is 0 Å². The molecule has 0 heterocycles. The summed E-state index contributed by atoms with van der Waals surface area (Å²) in [5.41, 5.74) is 0.960. The minimum atomic E-state index is -0.243. The van der Waals surface area contributed by atoms with Crippen molar-refractivity contribution in [3.63, 3.8) is 0 Å². The number of Topliss-reactive ketones (excluding diaryl/α,β-unsaturated/α-hetero) is 1. The Morgan fingerprint density at radius 3 is 2.71 bits per heavy atom. The third-order valence-corrected chi connectivity index (χ3v) is 2.62. The summed E-state index contributed by atoms with van der Waals surface area (Å²) < 4.78 is 0. The first-order chi connectivity index (χ1) is 6.56. The highest BCUT2D eigenvalue weighted by molar-refractivity contribution is 9.10. The smallest absolute Gasteiger partial charge is 0.176 e. The first-order valence-electron chi connectivity index (χ1n) is 4.02. The molecule has 1 atom stereocenters. The molecule has 0 bridgehead atoms. The zero-order valence-electron chi connectivity index (χ0n) is 7.53. The second-order valence-electron chi connectivity index (χ2n) is 2.87. The monoisotopic (exact) mass is 272 g/mol. The fourth-order valence-electron chi connectivity index (χ4n) is 1.03. The Morgan fingerprint density at radius 2 is 2.21 bits per heavy atom. The molecule has 74 valence electrons. The van der Waals surface area contributed by atoms with Crippen molar-refractivity contribution < 1.29 is 9.59 Å². The van der Waals surface area contributed by atoms with E-state index in [9.17, 15) is 9.59 Å². The van der Waals surface area contributed by atoms with E-state index >= 15 is 0 Å². The van der Waals surface area contributed by atoms with Crippen LogP contribution in [0.4, 0.5) is 0 Å². The number of alkyl halides is 1. The fraction of sp³-hybridized carbons (Fsp3) is 0.200. The Labute approximate surface area is 96.2 Å². The average Bonchev–Trinajstić information content (AvgIpc) is 2.17. The van der Waals surface area contributed by atoms with Gasteiger partial charge in [0.05, 0.1) is 4.83 Å². The molecule has 0 amide bonds. The second-order valence-corrected chi connectivity index (χ2v) is 4.73. The van der Waals surface area contributed by atoms with Crippen molar-refractivity contribution in [1.29, 1.82) is 0 Å². The van der Waals surface area contributed by atoms with E-state index in [1.165, 1.54) is 0 Å². The molecule has 0 saturated carbocycles. The molecular formula is C10H9BrO2S. The third kappa shape index (κ3) is 2.45. The van der Waals surface area contributed by atoms with Crippen molar-refractivity contribution in [3.8, 4) is 0 Å². The van der Waals surface area contributed by atoms with Gasteiger partial charge in [-0.3, -0.25) is 9.59 Å². The molecule has 0 aromatic heterocycles. The summed E-state index contributed by atoms with van der Waals surface area (Å²) in [5, 5.41) is 0. The Kier molecular flexibility index (Phi) is 3.89. The molecule has 1 unspecified atom stereocenters. The maximum absolute atomic E-state index is 11.5. The minimum Gasteiger partial charge on any atom is -0.298 e. The Morgan fingerprint density at radius 1 is 1.57 bits per heavy atom. The lowest BCUT2D eigenvalue weighted by Crippen LogP contribution is -2.10. The summed E-state index contributed by atoms with van der Waals surface area (Å²) in [4.78, 5) is 22.5. The van der Waals surface area contributed by atoms with Gasteiger partial charge in [0.25, 0.3) is 0 Å². The van der Waals surface area contributed by atoms with E-state index in [1.807, 2.05) is 0 Å². The molecule has 0 spiro atoms. The van der Waals surface area contributed by atoms with Crippen molar-refractivity contribution in [2.75, 3.05) is 0 Å². The number of ketones is 1. The van der Waals surface area contributed by atoms with E-state index < -0.39 is 0 Å². The Balaban J connectivity index is 3.12. The second kappa shape index (κ2) is 4.75. The molecule has 1 aromatic rings. The molecule has 0 aliphatic rings. The summed E-state index contributed by atoms with van der Waals surface area (Å²) >= 11 is 7.28. The van der Waals surface area contributed by atoms with Crippen LogP contribution in [0.5, 0.6) is 0 Å². The maximum atomic E-state index is 11.5. The molecule has 2 nitrogen and oxygen atoms in total. The van der Waals surface area contributed by atoms with Gasteiger partial charge in [-0.25, -0.2) is 0 Å². The minimum absolute atomic E-state index is 0.0403. The largest absolute Gasteiger partial charge is 0.298 e. The van der Waals surface area contributed by atoms with Gasteiger partial charge in [-0.05, 0) is 19.1 Å². The van der Waals surface area contributed by atoms with Gasteiger partial charge >= 0.3 is 0 Å². The number of benzene rings is 1. The topological polar surface area (TPSA) is 34.1 Å². The number of carbonyl (C=O) groups is 2. The predicted molar refractivity (Wildman–Crippen MR) is 61.8 cm³/mol. The van der Waals surface area contributed by atoms with Gasteiger partial charge < -0.3 is 0 Å². The van der Waals surface area contributed by atoms with E-state index in [0.29, 0.717) is 22.3 Å². The molecule has 4 heteroatoms. The van der Waals surface area contributed by atoms with Crippen molar-refractivity contribution in [2.45, 2.75) is 16.6 Å². The van der Waals surface area contributed by atoms with E-state index in [4.69, 9.17) is 0 Å². The van der Waals surface area contributed by atoms with Gasteiger partial charge in [-0.1, -0.05) is 22.0 Å². The molecule has 1 rings (SSSR count). The molecule has 1 aromatic carbocycles. The van der Waals surface area contributed by atoms with E-state index in [2.05, 4.69) is 28.6 Å². The third-order valence-electron chi connectivity index (χ3n) is 1.80. The lowest BCUT2D eigenvalue weighted by atomic mass is 10.1. The normalized spacial score (nSPS) is 12.2. The van der Waals surface area contributed by atoms with Crippen LogP contribution in [0.15, 0.2) is 23.1 Å². The first-order valence-corrected chi connectivity index (χ1v) is 5.39. The highest BCUT2D eigenvalue weighted by atomic mass is 79.9. The van der Waals surface area contributed by atoms with E-state index in [0.717, 1.165) is 0 Å². The lowest BCUT2D eigenvalue weighted by Gasteiger charge is -2.04. The molecular weight excluding hydrogens is 264 g/mol. The van der Waals surface area contributed by atoms with Gasteiger partial charge in [-0.15, -0.1) is 12.6 Å². The Hall–Kier alpha value is -0.610. The van der Waals surface area contributed by atoms with Crippen LogP contribution in [0.2, 0.25) is 0 Å². The number of aldehydes is 1. The standard InChI is InChI=1S/C10H9BrO2S/c1-6(11)10(13)7-2-3-9(14)8(4-7)5-12/h2-6,14H,1H3. The summed E-state index contributed by atoms with van der Waals surface area (Å²) in [7, 11) is 0. The number of halogens is 1. The van der Waals surface area contributed by atoms with Crippen LogP contribution in [-0.4, -0.2) is 16.9 Å². The van der Waals surface area contributed by atoms with Crippen LogP contribution in [0.25, 0.3) is 0 Å². The molecule has 0 N–H and O–H groups in total. The first kappa shape index (κ1) is 11.5. The zero-order chi connectivity index (χ0) is 10.7. The molecule has 0 aliphatic heterocycles. The summed E-state index contributed by atoms with van der Waals surface area (Å²) in [6, 6.07) is 4.86. The quantitative estimate of drug-likeness (QED) is 0.397. The van der Waals surface area contributed by atoms with Crippen molar-refractivity contribution in [3.05, 3.63) is 29.3 Å². The predicted octanol–water partition coefficient (Wildman–Crippen LogP) is 2.75. The molecule has 0 fully saturated rings. The average molecular weight is 273 g/mol. The summed E-state index contributed by atoms with van der Waals surface area (Å²) in [6.07, 6.45) is 0.692. The summed E-state index contributed by atoms with van der Waals surface area (Å²) in [6.45, 7) is 1.75. The number of thiol groups is 1. The lowest BCUT2D eigenvalue weighted by molar-refractivity contribution is 0.0996. The number of rotatable bonds is 3. The van der Waals surface area contributed by atoms with Crippen LogP contribution in [0.1, 0.15) is 27.6 Å². The van der Waals surface area contributed by atoms with Crippen molar-refractivity contribution in [2.24, 2.45) is 0 Å². The van der Waals surface area contributed by atoms with Gasteiger partial charge in [0.2, 0.25) is 0 Å². The Bertz CT molecular complexity index is 374. The van der Waals surface area contributed by atoms with Crippen molar-refractivity contribution in [1.82, 2.24) is 0 Å². The highest BCUT2D eigenvalue weighted by Crippen LogP contribution is 2.16. The summed E-state index contributed by atoms with van der Waals surface area (Å²) in [5.74, 6) is -0.0403. The van der Waals surface area contributed by atoms with Crippen LogP contribution in [0, 0.1) is 0 Å². The van der Waals surface area contributed by atoms with Crippen LogP contribution < -0.4 is 0 Å². The molecule has 0 aliphatic carbocycles. The number of hydrogen-bond acceptors (Lipinski definition) is 3. The fourth-order valence-corrected chi connectivity index (χ4v) is 1.49. The van der Waals surface area contributed by atoms with Gasteiger partial charge in [0, 0.05) is 16.0 Å². The zero-order valence-corrected chi connectivity index (χ0v) is 10.0. The number of hydrogen-bond donors (Lipinski definition) is 1. The van der Waals surface area contributed by atoms with Crippen molar-refractivity contribution >= 4 is 40.6 Å². The highest BCUT2D eigenvalue weighted by Gasteiger charge is 2.12. The van der Waals surface area contributed by atoms with Gasteiger partial charge in [0.1, 0.15) is 0 Å². The molecule has 0 radical (unpaired) electrons. The molecule has 14 heavy (non-hydrogen) atoms. The molecule has 0 saturated heterocycles. The SMILES string of the molecule is CC(Br)C(=O)c1ccc(S)c(C=O)c1. The van der Waals surface area contributed by atoms with Crippen LogP contribution in [0.3, 0.4) is 0 Å². The maximum Gasteiger partial charge on any atom is 0.176 e. The van der Waals surface area contributed by atoms with Gasteiger partial charge in [0.15, 0.2) is 12.1 Å². The van der Waals surface area contributed by atoms with E-state index in [-0.39, 0.29) is 10.6 Å². The van der Waals surface area contributed by atoms with E-state index in [1.54, 1.807) is 25.1 Å². The van der Waals surface area contributed by atoms with Crippen LogP contribution >= 0.6 is 28.6 Å². The van der Waals surface area contributed by atoms with Crippen LogP contribution in [-0.2, 0) is 0 Å².